The van der Waals surface area contributed by atoms with Crippen LogP contribution in [0.25, 0.3) is 0 Å². The maximum absolute atomic E-state index is 12.5. The van der Waals surface area contributed by atoms with Crippen LogP contribution >= 0.6 is 15.9 Å². The molecule has 0 unspecified atom stereocenters. The molecule has 0 fully saturated rings. The Morgan fingerprint density at radius 2 is 1.57 bits per heavy atom. The second-order valence-electron chi connectivity index (χ2n) is 4.52. The van der Waals surface area contributed by atoms with Gasteiger partial charge in [-0.05, 0) is 31.5 Å². The third kappa shape index (κ3) is 6.59. The number of rotatable bonds is 10. The summed E-state index contributed by atoms with van der Waals surface area (Å²) in [5.41, 5.74) is 1.86. The van der Waals surface area contributed by atoms with Gasteiger partial charge in [-0.3, -0.25) is 4.79 Å². The van der Waals surface area contributed by atoms with Crippen LogP contribution in [0.4, 0.5) is 0 Å². The zero-order chi connectivity index (χ0) is 15.5. The van der Waals surface area contributed by atoms with Gasteiger partial charge in [-0.1, -0.05) is 28.1 Å². The molecule has 1 amide bonds. The molecule has 1 rings (SSSR count). The third-order valence-electron chi connectivity index (χ3n) is 3.06. The van der Waals surface area contributed by atoms with Gasteiger partial charge in [0.25, 0.3) is 5.91 Å². The average molecular weight is 358 g/mol. The summed E-state index contributed by atoms with van der Waals surface area (Å²) in [5.74, 6) is 0.0236. The number of hydrogen-bond donors (Lipinski definition) is 0. The summed E-state index contributed by atoms with van der Waals surface area (Å²) >= 11 is 3.40. The first-order valence-electron chi connectivity index (χ1n) is 7.32. The van der Waals surface area contributed by atoms with Crippen LogP contribution in [0.1, 0.15) is 29.8 Å². The van der Waals surface area contributed by atoms with Crippen LogP contribution < -0.4 is 0 Å². The van der Waals surface area contributed by atoms with Gasteiger partial charge in [-0.25, -0.2) is 0 Å². The quantitative estimate of drug-likeness (QED) is 0.477. The first-order chi connectivity index (χ1) is 10.2. The van der Waals surface area contributed by atoms with E-state index in [4.69, 9.17) is 9.47 Å². The highest BCUT2D eigenvalue weighted by molar-refractivity contribution is 9.08. The van der Waals surface area contributed by atoms with Crippen LogP contribution in [0.15, 0.2) is 24.3 Å². The van der Waals surface area contributed by atoms with Gasteiger partial charge in [-0.2, -0.15) is 0 Å². The fraction of sp³-hybridized carbons (Fsp3) is 0.562. The lowest BCUT2D eigenvalue weighted by Gasteiger charge is -2.22. The summed E-state index contributed by atoms with van der Waals surface area (Å²) in [5, 5.41) is 0.792. The highest BCUT2D eigenvalue weighted by atomic mass is 79.9. The smallest absolute Gasteiger partial charge is 0.254 e. The largest absolute Gasteiger partial charge is 0.380 e. The number of halogens is 1. The number of nitrogens with zero attached hydrogens (tertiary/aromatic N) is 1. The summed E-state index contributed by atoms with van der Waals surface area (Å²) in [6, 6.07) is 7.66. The van der Waals surface area contributed by atoms with Crippen molar-refractivity contribution in [3.63, 3.8) is 0 Å². The molecule has 0 aliphatic carbocycles. The Morgan fingerprint density at radius 3 is 2.00 bits per heavy atom. The monoisotopic (exact) mass is 357 g/mol. The van der Waals surface area contributed by atoms with Crippen molar-refractivity contribution in [1.29, 1.82) is 0 Å². The molecular weight excluding hydrogens is 334 g/mol. The van der Waals surface area contributed by atoms with Gasteiger partial charge < -0.3 is 14.4 Å². The van der Waals surface area contributed by atoms with Gasteiger partial charge in [-0.15, -0.1) is 0 Å². The second kappa shape index (κ2) is 10.8. The van der Waals surface area contributed by atoms with Crippen molar-refractivity contribution >= 4 is 21.8 Å². The average Bonchev–Trinajstić information content (AvgIpc) is 2.53. The Bertz CT molecular complexity index is 398. The zero-order valence-electron chi connectivity index (χ0n) is 12.8. The predicted molar refractivity (Wildman–Crippen MR) is 88.0 cm³/mol. The Morgan fingerprint density at radius 1 is 1.05 bits per heavy atom. The van der Waals surface area contributed by atoms with Gasteiger partial charge in [0.15, 0.2) is 0 Å². The zero-order valence-corrected chi connectivity index (χ0v) is 14.4. The molecule has 0 heterocycles. The van der Waals surface area contributed by atoms with Crippen molar-refractivity contribution in [3.05, 3.63) is 35.4 Å². The molecule has 1 aromatic rings. The van der Waals surface area contributed by atoms with E-state index in [1.165, 1.54) is 0 Å². The Hall–Kier alpha value is -0.910. The Balaban J connectivity index is 2.66. The van der Waals surface area contributed by atoms with Gasteiger partial charge in [0.05, 0.1) is 13.2 Å². The molecule has 0 saturated heterocycles. The molecule has 4 nitrogen and oxygen atoms in total. The summed E-state index contributed by atoms with van der Waals surface area (Å²) in [4.78, 5) is 14.3. The van der Waals surface area contributed by atoms with Crippen LogP contribution in [0.3, 0.4) is 0 Å². The van der Waals surface area contributed by atoms with Crippen molar-refractivity contribution in [2.24, 2.45) is 0 Å². The van der Waals surface area contributed by atoms with E-state index in [-0.39, 0.29) is 5.91 Å². The van der Waals surface area contributed by atoms with E-state index in [1.807, 2.05) is 38.1 Å². The lowest BCUT2D eigenvalue weighted by atomic mass is 10.1. The minimum absolute atomic E-state index is 0.0236. The molecule has 0 bridgehead atoms. The number of ether oxygens (including phenoxy) is 2. The van der Waals surface area contributed by atoms with Crippen LogP contribution in [0.5, 0.6) is 0 Å². The lowest BCUT2D eigenvalue weighted by molar-refractivity contribution is 0.0550. The van der Waals surface area contributed by atoms with E-state index in [9.17, 15) is 4.79 Å². The fourth-order valence-electron chi connectivity index (χ4n) is 1.87. The van der Waals surface area contributed by atoms with Crippen LogP contribution in [-0.4, -0.2) is 50.3 Å². The minimum Gasteiger partial charge on any atom is -0.380 e. The number of carbonyl (C=O) groups excluding carboxylic acids is 1. The molecule has 0 aliphatic rings. The molecule has 5 heteroatoms. The van der Waals surface area contributed by atoms with Crippen molar-refractivity contribution in [1.82, 2.24) is 4.90 Å². The normalized spacial score (nSPS) is 10.6. The molecule has 0 aromatic heterocycles. The fourth-order valence-corrected chi connectivity index (χ4v) is 2.25. The number of alkyl halides is 1. The molecular formula is C16H24BrNO3. The van der Waals surface area contributed by atoms with E-state index in [0.717, 1.165) is 10.9 Å². The SMILES string of the molecule is CCOCCN(CCOCC)C(=O)c1ccc(CBr)cc1. The summed E-state index contributed by atoms with van der Waals surface area (Å²) in [7, 11) is 0. The molecule has 0 atom stereocenters. The second-order valence-corrected chi connectivity index (χ2v) is 5.08. The van der Waals surface area contributed by atoms with E-state index in [0.29, 0.717) is 45.1 Å². The number of hydrogen-bond acceptors (Lipinski definition) is 3. The molecule has 0 radical (unpaired) electrons. The van der Waals surface area contributed by atoms with Gasteiger partial charge in [0.1, 0.15) is 0 Å². The lowest BCUT2D eigenvalue weighted by Crippen LogP contribution is -2.36. The third-order valence-corrected chi connectivity index (χ3v) is 3.71. The number of carbonyl (C=O) groups is 1. The molecule has 0 aliphatic heterocycles. The maximum Gasteiger partial charge on any atom is 0.254 e. The van der Waals surface area contributed by atoms with E-state index in [2.05, 4.69) is 15.9 Å². The Kier molecular flexibility index (Phi) is 9.30. The highest BCUT2D eigenvalue weighted by Gasteiger charge is 2.15. The van der Waals surface area contributed by atoms with E-state index < -0.39 is 0 Å². The molecule has 118 valence electrons. The van der Waals surface area contributed by atoms with Crippen molar-refractivity contribution < 1.29 is 14.3 Å². The van der Waals surface area contributed by atoms with Crippen molar-refractivity contribution in [2.75, 3.05) is 39.5 Å². The van der Waals surface area contributed by atoms with Crippen molar-refractivity contribution in [2.45, 2.75) is 19.2 Å². The molecule has 0 spiro atoms. The minimum atomic E-state index is 0.0236. The summed E-state index contributed by atoms with van der Waals surface area (Å²) < 4.78 is 10.7. The van der Waals surface area contributed by atoms with Crippen molar-refractivity contribution in [3.8, 4) is 0 Å². The predicted octanol–water partition coefficient (Wildman–Crippen LogP) is 3.10. The molecule has 0 saturated carbocycles. The number of amides is 1. The van der Waals surface area contributed by atoms with Crippen LogP contribution in [-0.2, 0) is 14.8 Å². The highest BCUT2D eigenvalue weighted by Crippen LogP contribution is 2.10. The van der Waals surface area contributed by atoms with Gasteiger partial charge in [0, 0.05) is 37.2 Å². The molecule has 1 aromatic carbocycles. The van der Waals surface area contributed by atoms with Gasteiger partial charge in [0.2, 0.25) is 0 Å². The van der Waals surface area contributed by atoms with E-state index >= 15 is 0 Å². The Labute approximate surface area is 135 Å². The first-order valence-corrected chi connectivity index (χ1v) is 8.44. The van der Waals surface area contributed by atoms with Gasteiger partial charge >= 0.3 is 0 Å². The standard InChI is InChI=1S/C16H24BrNO3/c1-3-20-11-9-18(10-12-21-4-2)16(19)15-7-5-14(13-17)6-8-15/h5-8H,3-4,9-13H2,1-2H3. The summed E-state index contributed by atoms with van der Waals surface area (Å²) in [6.45, 7) is 7.49. The summed E-state index contributed by atoms with van der Waals surface area (Å²) in [6.07, 6.45) is 0. The molecule has 21 heavy (non-hydrogen) atoms. The van der Waals surface area contributed by atoms with Crippen LogP contribution in [0.2, 0.25) is 0 Å². The first kappa shape index (κ1) is 18.1. The topological polar surface area (TPSA) is 38.8 Å². The molecule has 0 N–H and O–H groups in total. The number of benzene rings is 1. The van der Waals surface area contributed by atoms with E-state index in [1.54, 1.807) is 4.90 Å². The van der Waals surface area contributed by atoms with Crippen LogP contribution in [0, 0.1) is 0 Å². The maximum atomic E-state index is 12.5.